The van der Waals surface area contributed by atoms with Crippen LogP contribution in [0.5, 0.6) is 11.5 Å². The van der Waals surface area contributed by atoms with Crippen LogP contribution in [0.1, 0.15) is 15.9 Å². The molecule has 2 aromatic carbocycles. The van der Waals surface area contributed by atoms with Crippen LogP contribution in [0, 0.1) is 0 Å². The molecular weight excluding hydrogens is 398 g/mol. The summed E-state index contributed by atoms with van der Waals surface area (Å²) in [5, 5.41) is 2.90. The number of esters is 1. The van der Waals surface area contributed by atoms with Gasteiger partial charge in [-0.1, -0.05) is 0 Å². The summed E-state index contributed by atoms with van der Waals surface area (Å²) in [5.74, 6) is 1.07. The molecule has 1 amide bonds. The van der Waals surface area contributed by atoms with Crippen molar-refractivity contribution in [3.05, 3.63) is 53.6 Å². The number of benzene rings is 2. The highest BCUT2D eigenvalue weighted by atomic mass is 16.5. The van der Waals surface area contributed by atoms with Gasteiger partial charge in [-0.15, -0.1) is 0 Å². The van der Waals surface area contributed by atoms with Crippen LogP contribution in [0.25, 0.3) is 0 Å². The number of nitrogens with one attached hydrogen (secondary N) is 3. The smallest absolute Gasteiger partial charge is 0.337 e. The Morgan fingerprint density at radius 1 is 0.871 bits per heavy atom. The molecule has 1 aliphatic rings. The Hall–Kier alpha value is -3.10. The summed E-state index contributed by atoms with van der Waals surface area (Å²) in [4.78, 5) is 26.7. The Kier molecular flexibility index (Phi) is 7.86. The fraction of sp³-hybridized carbons (Fsp3) is 0.391. The number of hydrogen-bond donors (Lipinski definition) is 3. The van der Waals surface area contributed by atoms with E-state index in [2.05, 4.69) is 16.1 Å². The number of carbonyl (C=O) groups excluding carboxylic acids is 2. The number of rotatable bonds is 8. The second kappa shape index (κ2) is 10.8. The molecule has 31 heavy (non-hydrogen) atoms. The molecule has 0 saturated carbocycles. The van der Waals surface area contributed by atoms with Gasteiger partial charge in [0.15, 0.2) is 18.0 Å². The van der Waals surface area contributed by atoms with Crippen molar-refractivity contribution < 1.29 is 33.6 Å². The van der Waals surface area contributed by atoms with Crippen LogP contribution in [0.15, 0.2) is 42.5 Å². The van der Waals surface area contributed by atoms with Crippen LogP contribution < -0.4 is 24.6 Å². The van der Waals surface area contributed by atoms with E-state index < -0.39 is 5.97 Å². The van der Waals surface area contributed by atoms with Crippen LogP contribution in [-0.2, 0) is 16.1 Å². The van der Waals surface area contributed by atoms with E-state index >= 15 is 0 Å². The molecule has 0 spiro atoms. The van der Waals surface area contributed by atoms with Crippen molar-refractivity contribution in [1.82, 2.24) is 0 Å². The summed E-state index contributed by atoms with van der Waals surface area (Å²) in [6, 6.07) is 12.8. The topological polar surface area (TPSA) is 82.7 Å². The van der Waals surface area contributed by atoms with E-state index in [9.17, 15) is 9.59 Å². The van der Waals surface area contributed by atoms with Crippen molar-refractivity contribution in [3.63, 3.8) is 0 Å². The Labute approximate surface area is 182 Å². The standard InChI is InChI=1S/C23H29N3O5/c1-29-20-9-4-17(14-21(20)30-2)15-25-10-12-26(13-11-25)16-22(27)24-19-7-5-18(6-8-19)23(28)31-3/h4-9,14H,10-13,15-16H2,1-3H3,(H,24,27)/p+2. The summed E-state index contributed by atoms with van der Waals surface area (Å²) in [5.41, 5.74) is 2.35. The number of piperazine rings is 1. The summed E-state index contributed by atoms with van der Waals surface area (Å²) < 4.78 is 15.4. The third kappa shape index (κ3) is 6.19. The SMILES string of the molecule is COC(=O)c1ccc(NC(=O)C[NH+]2CC[NH+](Cc3ccc(OC)c(OC)c3)CC2)cc1. The van der Waals surface area contributed by atoms with Gasteiger partial charge < -0.3 is 29.3 Å². The lowest BCUT2D eigenvalue weighted by molar-refractivity contribution is -1.02. The summed E-state index contributed by atoms with van der Waals surface area (Å²) in [6.45, 7) is 5.25. The van der Waals surface area contributed by atoms with Gasteiger partial charge in [0, 0.05) is 11.3 Å². The lowest BCUT2D eigenvalue weighted by Gasteiger charge is -2.29. The molecule has 8 heteroatoms. The van der Waals surface area contributed by atoms with Gasteiger partial charge in [0.05, 0.1) is 26.9 Å². The minimum atomic E-state index is -0.393. The molecule has 0 aliphatic carbocycles. The molecule has 0 radical (unpaired) electrons. The molecule has 8 nitrogen and oxygen atoms in total. The summed E-state index contributed by atoms with van der Waals surface area (Å²) in [6.07, 6.45) is 0. The predicted molar refractivity (Wildman–Crippen MR) is 116 cm³/mol. The van der Waals surface area contributed by atoms with Crippen molar-refractivity contribution in [2.45, 2.75) is 6.54 Å². The third-order valence-corrected chi connectivity index (χ3v) is 5.57. The molecule has 166 valence electrons. The van der Waals surface area contributed by atoms with E-state index in [1.165, 1.54) is 22.5 Å². The normalized spacial score (nSPS) is 18.2. The van der Waals surface area contributed by atoms with Crippen molar-refractivity contribution >= 4 is 17.6 Å². The fourth-order valence-electron chi connectivity index (χ4n) is 3.83. The maximum absolute atomic E-state index is 12.4. The maximum atomic E-state index is 12.4. The number of amides is 1. The number of anilines is 1. The van der Waals surface area contributed by atoms with Crippen LogP contribution in [0.2, 0.25) is 0 Å². The maximum Gasteiger partial charge on any atom is 0.337 e. The van der Waals surface area contributed by atoms with E-state index in [-0.39, 0.29) is 5.91 Å². The summed E-state index contributed by atoms with van der Waals surface area (Å²) in [7, 11) is 4.63. The molecule has 0 aromatic heterocycles. The van der Waals surface area contributed by atoms with Gasteiger partial charge in [-0.3, -0.25) is 4.79 Å². The monoisotopic (exact) mass is 429 g/mol. The van der Waals surface area contributed by atoms with Crippen LogP contribution >= 0.6 is 0 Å². The highest BCUT2D eigenvalue weighted by Gasteiger charge is 2.25. The van der Waals surface area contributed by atoms with Crippen LogP contribution in [0.3, 0.4) is 0 Å². The van der Waals surface area contributed by atoms with Gasteiger partial charge in [-0.05, 0) is 42.5 Å². The van der Waals surface area contributed by atoms with Crippen LogP contribution in [-0.4, -0.2) is 65.9 Å². The molecule has 1 fully saturated rings. The van der Waals surface area contributed by atoms with Gasteiger partial charge in [-0.25, -0.2) is 4.79 Å². The first kappa shape index (κ1) is 22.6. The highest BCUT2D eigenvalue weighted by Crippen LogP contribution is 2.27. The molecule has 0 atom stereocenters. The molecule has 0 bridgehead atoms. The molecule has 1 heterocycles. The van der Waals surface area contributed by atoms with E-state index in [1.807, 2.05) is 12.1 Å². The van der Waals surface area contributed by atoms with Gasteiger partial charge in [0.2, 0.25) is 0 Å². The zero-order valence-corrected chi connectivity index (χ0v) is 18.3. The van der Waals surface area contributed by atoms with Gasteiger partial charge >= 0.3 is 5.97 Å². The second-order valence-electron chi connectivity index (χ2n) is 7.66. The number of quaternary nitrogens is 2. The molecule has 3 N–H and O–H groups in total. The van der Waals surface area contributed by atoms with Crippen molar-refractivity contribution in [2.75, 3.05) is 59.4 Å². The molecule has 1 saturated heterocycles. The first-order valence-corrected chi connectivity index (χ1v) is 10.4. The van der Waals surface area contributed by atoms with Crippen LogP contribution in [0.4, 0.5) is 5.69 Å². The highest BCUT2D eigenvalue weighted by molar-refractivity contribution is 5.93. The molecule has 0 unspecified atom stereocenters. The average Bonchev–Trinajstić information content (AvgIpc) is 2.80. The lowest BCUT2D eigenvalue weighted by Crippen LogP contribution is -3.28. The Balaban J connectivity index is 1.44. The van der Waals surface area contributed by atoms with E-state index in [1.54, 1.807) is 38.5 Å². The zero-order chi connectivity index (χ0) is 22.2. The average molecular weight is 430 g/mol. The minimum absolute atomic E-state index is 0.0239. The predicted octanol–water partition coefficient (Wildman–Crippen LogP) is -0.587. The summed E-state index contributed by atoms with van der Waals surface area (Å²) >= 11 is 0. The molecule has 3 rings (SSSR count). The first-order chi connectivity index (χ1) is 15.0. The Morgan fingerprint density at radius 3 is 2.13 bits per heavy atom. The van der Waals surface area contributed by atoms with Gasteiger partial charge in [0.1, 0.15) is 32.7 Å². The lowest BCUT2D eigenvalue weighted by atomic mass is 10.1. The quantitative estimate of drug-likeness (QED) is 0.489. The number of methoxy groups -OCH3 is 3. The molecule has 1 aliphatic heterocycles. The van der Waals surface area contributed by atoms with Gasteiger partial charge in [-0.2, -0.15) is 0 Å². The molecule has 2 aromatic rings. The van der Waals surface area contributed by atoms with E-state index in [0.29, 0.717) is 17.8 Å². The fourth-order valence-corrected chi connectivity index (χ4v) is 3.83. The second-order valence-corrected chi connectivity index (χ2v) is 7.66. The number of ether oxygens (including phenoxy) is 3. The molecular formula is C23H31N3O5+2. The zero-order valence-electron chi connectivity index (χ0n) is 18.3. The van der Waals surface area contributed by atoms with E-state index in [4.69, 9.17) is 9.47 Å². The number of carbonyl (C=O) groups is 2. The first-order valence-electron chi connectivity index (χ1n) is 10.4. The Bertz CT molecular complexity index is 893. The minimum Gasteiger partial charge on any atom is -0.493 e. The van der Waals surface area contributed by atoms with Crippen molar-refractivity contribution in [2.24, 2.45) is 0 Å². The van der Waals surface area contributed by atoms with E-state index in [0.717, 1.165) is 44.2 Å². The van der Waals surface area contributed by atoms with Crippen molar-refractivity contribution in [1.29, 1.82) is 0 Å². The Morgan fingerprint density at radius 2 is 1.52 bits per heavy atom. The largest absolute Gasteiger partial charge is 0.493 e. The van der Waals surface area contributed by atoms with Gasteiger partial charge in [0.25, 0.3) is 5.91 Å². The third-order valence-electron chi connectivity index (χ3n) is 5.57. The van der Waals surface area contributed by atoms with Crippen molar-refractivity contribution in [3.8, 4) is 11.5 Å². The number of hydrogen-bond acceptors (Lipinski definition) is 5.